The number of hydrogen-bond acceptors (Lipinski definition) is 5. The first-order valence-electron chi connectivity index (χ1n) is 6.03. The van der Waals surface area contributed by atoms with E-state index in [2.05, 4.69) is 4.98 Å². The third-order valence-corrected chi connectivity index (χ3v) is 3.68. The van der Waals surface area contributed by atoms with Crippen LogP contribution >= 0.6 is 11.3 Å². The van der Waals surface area contributed by atoms with Crippen molar-refractivity contribution < 1.29 is 14.3 Å². The molecular formula is C12H17N3O3S. The fourth-order valence-electron chi connectivity index (χ4n) is 1.89. The van der Waals surface area contributed by atoms with Crippen LogP contribution in [0.1, 0.15) is 15.5 Å². The Bertz CT molecular complexity index is 486. The Hall–Kier alpha value is -1.47. The normalized spacial score (nSPS) is 19.3. The Morgan fingerprint density at radius 2 is 2.26 bits per heavy atom. The van der Waals surface area contributed by atoms with Crippen molar-refractivity contribution in [2.24, 2.45) is 0 Å². The molecule has 0 aliphatic carbocycles. The van der Waals surface area contributed by atoms with Gasteiger partial charge in [0.1, 0.15) is 5.69 Å². The van der Waals surface area contributed by atoms with Crippen LogP contribution in [0.3, 0.4) is 0 Å². The predicted octanol–water partition coefficient (Wildman–Crippen LogP) is 0.381. The van der Waals surface area contributed by atoms with Crippen LogP contribution in [0.15, 0.2) is 5.38 Å². The van der Waals surface area contributed by atoms with Crippen LogP contribution in [-0.2, 0) is 9.53 Å². The second-order valence-electron chi connectivity index (χ2n) is 4.60. The minimum absolute atomic E-state index is 0.119. The van der Waals surface area contributed by atoms with E-state index < -0.39 is 6.10 Å². The van der Waals surface area contributed by atoms with Crippen molar-refractivity contribution in [3.8, 4) is 0 Å². The second kappa shape index (κ2) is 5.66. The van der Waals surface area contributed by atoms with Gasteiger partial charge in [0.15, 0.2) is 6.10 Å². The highest BCUT2D eigenvalue weighted by molar-refractivity contribution is 7.09. The fourth-order valence-corrected chi connectivity index (χ4v) is 2.48. The number of carbonyl (C=O) groups is 2. The van der Waals surface area contributed by atoms with E-state index in [1.54, 1.807) is 24.4 Å². The highest BCUT2D eigenvalue weighted by Gasteiger charge is 2.31. The number of thiazole rings is 1. The molecule has 0 saturated carbocycles. The van der Waals surface area contributed by atoms with Gasteiger partial charge in [0, 0.05) is 26.0 Å². The van der Waals surface area contributed by atoms with Crippen LogP contribution in [0.4, 0.5) is 0 Å². The molecule has 0 aromatic carbocycles. The highest BCUT2D eigenvalue weighted by Crippen LogP contribution is 2.14. The van der Waals surface area contributed by atoms with E-state index in [1.165, 1.54) is 16.2 Å². The van der Waals surface area contributed by atoms with E-state index in [0.717, 1.165) is 5.01 Å². The molecule has 7 heteroatoms. The van der Waals surface area contributed by atoms with Crippen molar-refractivity contribution in [2.75, 3.05) is 33.8 Å². The molecule has 0 radical (unpaired) electrons. The molecule has 2 rings (SSSR count). The largest absolute Gasteiger partial charge is 0.365 e. The average molecular weight is 283 g/mol. The molecule has 1 atom stereocenters. The van der Waals surface area contributed by atoms with E-state index in [9.17, 15) is 9.59 Å². The molecule has 0 bridgehead atoms. The Kier molecular flexibility index (Phi) is 4.16. The van der Waals surface area contributed by atoms with Crippen LogP contribution in [0.5, 0.6) is 0 Å². The van der Waals surface area contributed by atoms with E-state index in [4.69, 9.17) is 4.74 Å². The Morgan fingerprint density at radius 3 is 2.84 bits per heavy atom. The third-order valence-electron chi connectivity index (χ3n) is 2.91. The van der Waals surface area contributed by atoms with Gasteiger partial charge in [-0.1, -0.05) is 0 Å². The molecule has 1 aromatic rings. The van der Waals surface area contributed by atoms with Crippen LogP contribution in [0, 0.1) is 6.92 Å². The van der Waals surface area contributed by atoms with Gasteiger partial charge in [0.05, 0.1) is 18.2 Å². The van der Waals surface area contributed by atoms with Crippen LogP contribution in [0.25, 0.3) is 0 Å². The summed E-state index contributed by atoms with van der Waals surface area (Å²) >= 11 is 1.44. The van der Waals surface area contributed by atoms with Crippen molar-refractivity contribution >= 4 is 23.2 Å². The lowest BCUT2D eigenvalue weighted by Gasteiger charge is -2.32. The molecule has 1 unspecified atom stereocenters. The molecule has 19 heavy (non-hydrogen) atoms. The number of hydrogen-bond donors (Lipinski definition) is 0. The lowest BCUT2D eigenvalue weighted by Crippen LogP contribution is -2.51. The molecule has 2 heterocycles. The Balaban J connectivity index is 2.05. The van der Waals surface area contributed by atoms with Gasteiger partial charge < -0.3 is 14.5 Å². The van der Waals surface area contributed by atoms with E-state index in [0.29, 0.717) is 18.8 Å². The molecular weight excluding hydrogens is 266 g/mol. The molecule has 1 fully saturated rings. The molecule has 1 saturated heterocycles. The standard InChI is InChI=1S/C12H17N3O3S/c1-8-13-9(7-19-8)11(16)15-4-5-18-10(6-15)12(17)14(2)3/h7,10H,4-6H2,1-3H3. The van der Waals surface area contributed by atoms with Gasteiger partial charge in [-0.25, -0.2) is 4.98 Å². The van der Waals surface area contributed by atoms with E-state index in [-0.39, 0.29) is 18.4 Å². The number of aryl methyl sites for hydroxylation is 1. The summed E-state index contributed by atoms with van der Waals surface area (Å²) < 4.78 is 5.42. The molecule has 0 N–H and O–H groups in total. The summed E-state index contributed by atoms with van der Waals surface area (Å²) in [5.74, 6) is -0.254. The third kappa shape index (κ3) is 3.10. The van der Waals surface area contributed by atoms with Crippen molar-refractivity contribution in [1.29, 1.82) is 0 Å². The first kappa shape index (κ1) is 14.0. The topological polar surface area (TPSA) is 62.7 Å². The van der Waals surface area contributed by atoms with Crippen molar-refractivity contribution in [1.82, 2.24) is 14.8 Å². The Morgan fingerprint density at radius 1 is 1.53 bits per heavy atom. The molecule has 1 aliphatic rings. The molecule has 2 amide bonds. The van der Waals surface area contributed by atoms with E-state index >= 15 is 0 Å². The van der Waals surface area contributed by atoms with Gasteiger partial charge in [-0.2, -0.15) is 0 Å². The van der Waals surface area contributed by atoms with Crippen molar-refractivity contribution in [2.45, 2.75) is 13.0 Å². The van der Waals surface area contributed by atoms with Crippen LogP contribution < -0.4 is 0 Å². The number of amides is 2. The van der Waals surface area contributed by atoms with Gasteiger partial charge in [-0.15, -0.1) is 11.3 Å². The maximum atomic E-state index is 12.2. The predicted molar refractivity (Wildman–Crippen MR) is 71.2 cm³/mol. The van der Waals surface area contributed by atoms with Crippen molar-refractivity contribution in [3.63, 3.8) is 0 Å². The number of nitrogens with zero attached hydrogens (tertiary/aromatic N) is 3. The zero-order valence-electron chi connectivity index (χ0n) is 11.3. The van der Waals surface area contributed by atoms with Crippen molar-refractivity contribution in [3.05, 3.63) is 16.1 Å². The smallest absolute Gasteiger partial charge is 0.273 e. The zero-order valence-corrected chi connectivity index (χ0v) is 12.1. The highest BCUT2D eigenvalue weighted by atomic mass is 32.1. The summed E-state index contributed by atoms with van der Waals surface area (Å²) in [4.78, 5) is 31.4. The summed E-state index contributed by atoms with van der Waals surface area (Å²) in [6.07, 6.45) is -0.576. The monoisotopic (exact) mass is 283 g/mol. The molecule has 104 valence electrons. The van der Waals surface area contributed by atoms with Crippen LogP contribution in [0.2, 0.25) is 0 Å². The molecule has 1 aliphatic heterocycles. The molecule has 6 nitrogen and oxygen atoms in total. The number of carbonyl (C=O) groups excluding carboxylic acids is 2. The number of likely N-dealkylation sites (N-methyl/N-ethyl adjacent to an activating group) is 1. The fraction of sp³-hybridized carbons (Fsp3) is 0.583. The minimum atomic E-state index is -0.576. The average Bonchev–Trinajstić information content (AvgIpc) is 2.83. The first-order chi connectivity index (χ1) is 8.99. The number of rotatable bonds is 2. The first-order valence-corrected chi connectivity index (χ1v) is 6.91. The van der Waals surface area contributed by atoms with Gasteiger partial charge in [-0.3, -0.25) is 9.59 Å². The lowest BCUT2D eigenvalue weighted by atomic mass is 10.2. The second-order valence-corrected chi connectivity index (χ2v) is 5.66. The Labute approximate surface area is 116 Å². The quantitative estimate of drug-likeness (QED) is 0.787. The SMILES string of the molecule is Cc1nc(C(=O)N2CCOC(C(=O)N(C)C)C2)cs1. The summed E-state index contributed by atoms with van der Waals surface area (Å²) in [5, 5.41) is 2.60. The number of morpholine rings is 1. The summed E-state index contributed by atoms with van der Waals surface area (Å²) in [7, 11) is 3.35. The summed E-state index contributed by atoms with van der Waals surface area (Å²) in [6, 6.07) is 0. The molecule has 1 aromatic heterocycles. The number of aromatic nitrogens is 1. The van der Waals surface area contributed by atoms with Gasteiger partial charge in [-0.05, 0) is 6.92 Å². The van der Waals surface area contributed by atoms with Crippen LogP contribution in [-0.4, -0.2) is 66.5 Å². The summed E-state index contributed by atoms with van der Waals surface area (Å²) in [5.41, 5.74) is 0.445. The minimum Gasteiger partial charge on any atom is -0.365 e. The van der Waals surface area contributed by atoms with Gasteiger partial charge in [0.25, 0.3) is 11.8 Å². The maximum absolute atomic E-state index is 12.2. The maximum Gasteiger partial charge on any atom is 0.273 e. The molecule has 0 spiro atoms. The zero-order chi connectivity index (χ0) is 14.0. The lowest BCUT2D eigenvalue weighted by molar-refractivity contribution is -0.145. The van der Waals surface area contributed by atoms with Gasteiger partial charge in [0.2, 0.25) is 0 Å². The van der Waals surface area contributed by atoms with Gasteiger partial charge >= 0.3 is 0 Å². The summed E-state index contributed by atoms with van der Waals surface area (Å²) in [6.45, 7) is 3.01. The van der Waals surface area contributed by atoms with E-state index in [1.807, 2.05) is 6.92 Å². The number of ether oxygens (including phenoxy) is 1.